The Balaban J connectivity index is 1.40. The molecule has 7 nitrogen and oxygen atoms in total. The number of H-pyrrole nitrogens is 1. The van der Waals surface area contributed by atoms with E-state index in [-0.39, 0.29) is 11.9 Å². The largest absolute Gasteiger partial charge is 0.497 e. The molecule has 0 saturated carbocycles. The van der Waals surface area contributed by atoms with Gasteiger partial charge in [0.1, 0.15) is 17.6 Å². The summed E-state index contributed by atoms with van der Waals surface area (Å²) in [5, 5.41) is 6.44. The Bertz CT molecular complexity index is 1080. The van der Waals surface area contributed by atoms with Gasteiger partial charge < -0.3 is 14.6 Å². The average molecular weight is 432 g/mol. The van der Waals surface area contributed by atoms with Crippen molar-refractivity contribution in [3.63, 3.8) is 0 Å². The van der Waals surface area contributed by atoms with Crippen molar-refractivity contribution in [2.45, 2.75) is 38.1 Å². The number of piperidine rings is 1. The molecule has 7 heteroatoms. The second-order valence-corrected chi connectivity index (χ2v) is 8.52. The maximum atomic E-state index is 13.3. The number of benzene rings is 2. The summed E-state index contributed by atoms with van der Waals surface area (Å²) in [4.78, 5) is 23.9. The normalized spacial score (nSPS) is 19.3. The molecule has 1 saturated heterocycles. The number of aromatic amines is 1. The first-order valence-corrected chi connectivity index (χ1v) is 11.4. The van der Waals surface area contributed by atoms with Gasteiger partial charge in [-0.05, 0) is 67.9 Å². The molecule has 0 spiro atoms. The summed E-state index contributed by atoms with van der Waals surface area (Å²) in [6, 6.07) is 15.6. The van der Waals surface area contributed by atoms with Crippen molar-refractivity contribution in [2.24, 2.45) is 5.10 Å². The van der Waals surface area contributed by atoms with E-state index >= 15 is 0 Å². The number of rotatable bonds is 6. The average Bonchev–Trinajstić information content (AvgIpc) is 3.48. The Labute approximate surface area is 188 Å². The summed E-state index contributed by atoms with van der Waals surface area (Å²) >= 11 is 0. The molecule has 2 aliphatic rings. The van der Waals surface area contributed by atoms with Crippen LogP contribution >= 0.6 is 0 Å². The number of nitrogens with zero attached hydrogens (tertiary/aromatic N) is 4. The van der Waals surface area contributed by atoms with Gasteiger partial charge in [-0.3, -0.25) is 4.79 Å². The molecule has 5 rings (SSSR count). The predicted octanol–water partition coefficient (Wildman–Crippen LogP) is 4.13. The van der Waals surface area contributed by atoms with Gasteiger partial charge in [-0.1, -0.05) is 18.6 Å². The van der Waals surface area contributed by atoms with Crippen LogP contribution in [0.3, 0.4) is 0 Å². The van der Waals surface area contributed by atoms with Crippen LogP contribution in [0.25, 0.3) is 11.0 Å². The van der Waals surface area contributed by atoms with E-state index in [9.17, 15) is 4.79 Å². The highest BCUT2D eigenvalue weighted by Gasteiger charge is 2.35. The number of methoxy groups -OCH3 is 1. The fourth-order valence-corrected chi connectivity index (χ4v) is 4.59. The van der Waals surface area contributed by atoms with Crippen molar-refractivity contribution >= 4 is 22.7 Å². The van der Waals surface area contributed by atoms with E-state index in [4.69, 9.17) is 14.8 Å². The van der Waals surface area contributed by atoms with Crippen molar-refractivity contribution < 1.29 is 9.53 Å². The lowest BCUT2D eigenvalue weighted by Crippen LogP contribution is -2.35. The van der Waals surface area contributed by atoms with Gasteiger partial charge in [-0.15, -0.1) is 0 Å². The Morgan fingerprint density at radius 1 is 1.09 bits per heavy atom. The van der Waals surface area contributed by atoms with E-state index in [1.807, 2.05) is 48.5 Å². The second kappa shape index (κ2) is 9.12. The summed E-state index contributed by atoms with van der Waals surface area (Å²) in [5.74, 6) is 1.63. The lowest BCUT2D eigenvalue weighted by atomic mass is 10.0. The number of carbonyl (C=O) groups is 1. The number of hydrogen-bond acceptors (Lipinski definition) is 5. The third-order valence-electron chi connectivity index (χ3n) is 6.40. The quantitative estimate of drug-likeness (QED) is 0.637. The molecule has 0 bridgehead atoms. The zero-order chi connectivity index (χ0) is 21.9. The molecule has 32 heavy (non-hydrogen) atoms. The number of ether oxygens (including phenoxy) is 1. The second-order valence-electron chi connectivity index (χ2n) is 8.52. The maximum absolute atomic E-state index is 13.3. The third-order valence-corrected chi connectivity index (χ3v) is 6.40. The van der Waals surface area contributed by atoms with Crippen LogP contribution in [0.1, 0.15) is 49.5 Å². The zero-order valence-corrected chi connectivity index (χ0v) is 18.5. The molecule has 0 unspecified atom stereocenters. The van der Waals surface area contributed by atoms with Crippen molar-refractivity contribution in [1.29, 1.82) is 0 Å². The highest BCUT2D eigenvalue weighted by atomic mass is 16.5. The molecule has 1 N–H and O–H groups in total. The highest BCUT2D eigenvalue weighted by Crippen LogP contribution is 2.33. The van der Waals surface area contributed by atoms with Crippen LogP contribution in [0.2, 0.25) is 0 Å². The molecule has 1 amide bonds. The van der Waals surface area contributed by atoms with Crippen molar-refractivity contribution in [1.82, 2.24) is 19.9 Å². The Morgan fingerprint density at radius 3 is 2.62 bits per heavy atom. The first-order valence-electron chi connectivity index (χ1n) is 11.4. The van der Waals surface area contributed by atoms with E-state index in [1.54, 1.807) is 12.1 Å². The van der Waals surface area contributed by atoms with Crippen LogP contribution in [0.5, 0.6) is 5.75 Å². The van der Waals surface area contributed by atoms with Gasteiger partial charge in [0, 0.05) is 19.4 Å². The number of hydrogen-bond donors (Lipinski definition) is 1. The van der Waals surface area contributed by atoms with Gasteiger partial charge in [-0.25, -0.2) is 9.99 Å². The standard InChI is InChI=1S/C25H29N5O2/c1-32-19-11-9-18(10-12-19)22-17-23(25-26-20-7-3-4-8-21(20)27-25)30(28-22)24(31)13-16-29-14-5-2-6-15-29/h3-4,7-12,23H,2,5-6,13-17H2,1H3,(H,26,27)/t23-/m1/s1. The summed E-state index contributed by atoms with van der Waals surface area (Å²) in [7, 11) is 1.66. The van der Waals surface area contributed by atoms with Gasteiger partial charge in [0.25, 0.3) is 0 Å². The molecular formula is C25H29N5O2. The summed E-state index contributed by atoms with van der Waals surface area (Å²) < 4.78 is 5.28. The lowest BCUT2D eigenvalue weighted by Gasteiger charge is -2.27. The molecular weight excluding hydrogens is 402 g/mol. The number of imidazole rings is 1. The number of amides is 1. The molecule has 2 aliphatic heterocycles. The minimum Gasteiger partial charge on any atom is -0.497 e. The molecule has 1 aromatic heterocycles. The van der Waals surface area contributed by atoms with E-state index in [2.05, 4.69) is 9.88 Å². The van der Waals surface area contributed by atoms with Crippen LogP contribution in [-0.4, -0.2) is 58.2 Å². The molecule has 1 fully saturated rings. The number of para-hydroxylation sites is 2. The molecule has 3 heterocycles. The Kier molecular flexibility index (Phi) is 5.90. The van der Waals surface area contributed by atoms with E-state index in [1.165, 1.54) is 19.3 Å². The molecule has 3 aromatic rings. The van der Waals surface area contributed by atoms with Crippen molar-refractivity contribution in [3.8, 4) is 5.75 Å². The first kappa shape index (κ1) is 20.7. The number of nitrogens with one attached hydrogen (secondary N) is 1. The summed E-state index contributed by atoms with van der Waals surface area (Å²) in [6.07, 6.45) is 4.83. The van der Waals surface area contributed by atoms with Crippen LogP contribution in [-0.2, 0) is 4.79 Å². The number of carbonyl (C=O) groups excluding carboxylic acids is 1. The maximum Gasteiger partial charge on any atom is 0.244 e. The molecule has 166 valence electrons. The fourth-order valence-electron chi connectivity index (χ4n) is 4.59. The van der Waals surface area contributed by atoms with Gasteiger partial charge in [-0.2, -0.15) is 5.10 Å². The van der Waals surface area contributed by atoms with Crippen LogP contribution in [0.15, 0.2) is 53.6 Å². The van der Waals surface area contributed by atoms with Gasteiger partial charge in [0.15, 0.2) is 0 Å². The molecule has 0 aliphatic carbocycles. The van der Waals surface area contributed by atoms with E-state index in [0.717, 1.165) is 53.5 Å². The van der Waals surface area contributed by atoms with Gasteiger partial charge in [0.05, 0.1) is 23.9 Å². The molecule has 0 radical (unpaired) electrons. The van der Waals surface area contributed by atoms with E-state index in [0.29, 0.717) is 12.8 Å². The number of fused-ring (bicyclic) bond motifs is 1. The number of aromatic nitrogens is 2. The van der Waals surface area contributed by atoms with E-state index < -0.39 is 0 Å². The monoisotopic (exact) mass is 431 g/mol. The summed E-state index contributed by atoms with van der Waals surface area (Å²) in [6.45, 7) is 2.96. The zero-order valence-electron chi connectivity index (χ0n) is 18.5. The highest BCUT2D eigenvalue weighted by molar-refractivity contribution is 6.03. The van der Waals surface area contributed by atoms with Gasteiger partial charge in [0.2, 0.25) is 5.91 Å². The van der Waals surface area contributed by atoms with Gasteiger partial charge >= 0.3 is 0 Å². The SMILES string of the molecule is COc1ccc(C2=NN(C(=O)CCN3CCCCC3)[C@@H](c3nc4ccccc4[nH]3)C2)cc1. The Hall–Kier alpha value is -3.19. The topological polar surface area (TPSA) is 73.8 Å². The van der Waals surface area contributed by atoms with Crippen LogP contribution in [0, 0.1) is 0 Å². The molecule has 1 atom stereocenters. The predicted molar refractivity (Wildman–Crippen MR) is 125 cm³/mol. The van der Waals surface area contributed by atoms with Crippen LogP contribution in [0.4, 0.5) is 0 Å². The number of hydrazone groups is 1. The van der Waals surface area contributed by atoms with Crippen LogP contribution < -0.4 is 4.74 Å². The first-order chi connectivity index (χ1) is 15.7. The van der Waals surface area contributed by atoms with Crippen molar-refractivity contribution in [3.05, 3.63) is 59.9 Å². The lowest BCUT2D eigenvalue weighted by molar-refractivity contribution is -0.133. The Morgan fingerprint density at radius 2 is 1.88 bits per heavy atom. The van der Waals surface area contributed by atoms with Crippen molar-refractivity contribution in [2.75, 3.05) is 26.7 Å². The number of likely N-dealkylation sites (tertiary alicyclic amines) is 1. The third kappa shape index (κ3) is 4.25. The minimum absolute atomic E-state index is 0.0459. The smallest absolute Gasteiger partial charge is 0.244 e. The minimum atomic E-state index is -0.228. The fraction of sp³-hybridized carbons (Fsp3) is 0.400. The summed E-state index contributed by atoms with van der Waals surface area (Å²) in [5.41, 5.74) is 3.77. The molecule has 2 aromatic carbocycles.